The van der Waals surface area contributed by atoms with Crippen molar-refractivity contribution in [3.8, 4) is 19.0 Å². The minimum atomic E-state index is 0.132. The first kappa shape index (κ1) is 29.0. The van der Waals surface area contributed by atoms with Crippen LogP contribution in [0, 0.1) is 31.2 Å². The molecule has 0 radical (unpaired) electrons. The molecule has 0 aliphatic carbocycles. The molecule has 2 saturated heterocycles. The Kier molecular flexibility index (Phi) is 13.7. The number of nitrogens with one attached hydrogen (secondary N) is 1. The number of nitriles is 1. The standard InChI is InChI=1S/C12H20N2O2.C9H10N2O.C2H3N3.C2H2/c15-11-6-2-1-3-9-14(11)10-12(16)13-7-4-5-8-13;1-6-11-8-4-3-7(10-2)5-9(8)12-6;3-1-5-2-4;1-2/h1-10H2;3-5,10H,1-2H3;1H,(H2,3,5);1-2H. The Labute approximate surface area is 207 Å². The van der Waals surface area contributed by atoms with Crippen LogP contribution in [-0.4, -0.2) is 66.2 Å². The number of hydrogen-bond donors (Lipinski definition) is 2. The number of aliphatic imine (C=N–C) groups is 1. The zero-order valence-electron chi connectivity index (χ0n) is 20.6. The van der Waals surface area contributed by atoms with Crippen molar-refractivity contribution in [3.63, 3.8) is 0 Å². The second-order valence-corrected chi connectivity index (χ2v) is 7.76. The highest BCUT2D eigenvalue weighted by Gasteiger charge is 2.23. The Morgan fingerprint density at radius 1 is 1.26 bits per heavy atom. The van der Waals surface area contributed by atoms with Gasteiger partial charge in [-0.15, -0.1) is 12.8 Å². The number of nitrogens with two attached hydrogens (primary N) is 1. The molecule has 0 spiro atoms. The van der Waals surface area contributed by atoms with Gasteiger partial charge in [0.2, 0.25) is 18.0 Å². The highest BCUT2D eigenvalue weighted by atomic mass is 16.3. The number of amides is 2. The second kappa shape index (κ2) is 16.5. The van der Waals surface area contributed by atoms with E-state index >= 15 is 0 Å². The van der Waals surface area contributed by atoms with Crippen LogP contribution in [0.3, 0.4) is 0 Å². The van der Waals surface area contributed by atoms with Gasteiger partial charge in [0, 0.05) is 51.8 Å². The quantitative estimate of drug-likeness (QED) is 0.297. The van der Waals surface area contributed by atoms with Gasteiger partial charge in [-0.3, -0.25) is 9.59 Å². The lowest BCUT2D eigenvalue weighted by Crippen LogP contribution is -2.41. The minimum Gasteiger partial charge on any atom is -0.441 e. The molecule has 0 bridgehead atoms. The van der Waals surface area contributed by atoms with Crippen molar-refractivity contribution in [2.45, 2.75) is 45.4 Å². The summed E-state index contributed by atoms with van der Waals surface area (Å²) in [5.74, 6) is 0.996. The van der Waals surface area contributed by atoms with Gasteiger partial charge in [-0.25, -0.2) is 4.98 Å². The molecule has 188 valence electrons. The third-order valence-electron chi connectivity index (χ3n) is 5.37. The number of terminal acetylenes is 1. The average molecular weight is 482 g/mol. The molecule has 10 heteroatoms. The highest BCUT2D eigenvalue weighted by Crippen LogP contribution is 2.19. The van der Waals surface area contributed by atoms with Crippen molar-refractivity contribution in [1.82, 2.24) is 14.8 Å². The fraction of sp³-hybridized carbons (Fsp3) is 0.480. The number of nitrogens with zero attached hydrogens (tertiary/aromatic N) is 5. The monoisotopic (exact) mass is 481 g/mol. The van der Waals surface area contributed by atoms with Crippen molar-refractivity contribution in [3.05, 3.63) is 24.1 Å². The molecule has 35 heavy (non-hydrogen) atoms. The van der Waals surface area contributed by atoms with E-state index in [-0.39, 0.29) is 11.8 Å². The van der Waals surface area contributed by atoms with E-state index in [0.717, 1.165) is 74.9 Å². The zero-order chi connectivity index (χ0) is 26.1. The maximum Gasteiger partial charge on any atom is 0.242 e. The summed E-state index contributed by atoms with van der Waals surface area (Å²) in [5.41, 5.74) is 7.41. The van der Waals surface area contributed by atoms with E-state index < -0.39 is 0 Å². The molecule has 4 rings (SSSR count). The lowest BCUT2D eigenvalue weighted by Gasteiger charge is -2.23. The van der Waals surface area contributed by atoms with Crippen molar-refractivity contribution >= 4 is 34.9 Å². The summed E-state index contributed by atoms with van der Waals surface area (Å²) in [6.45, 7) is 4.66. The predicted molar refractivity (Wildman–Crippen MR) is 137 cm³/mol. The van der Waals surface area contributed by atoms with Crippen molar-refractivity contribution in [2.24, 2.45) is 10.7 Å². The fourth-order valence-electron chi connectivity index (χ4n) is 3.66. The highest BCUT2D eigenvalue weighted by molar-refractivity contribution is 5.85. The molecule has 2 aliphatic rings. The first-order chi connectivity index (χ1) is 17.0. The van der Waals surface area contributed by atoms with Crippen molar-refractivity contribution < 1.29 is 14.0 Å². The molecule has 0 saturated carbocycles. The average Bonchev–Trinajstić information content (AvgIpc) is 3.49. The van der Waals surface area contributed by atoms with Crippen LogP contribution in [0.4, 0.5) is 5.69 Å². The van der Waals surface area contributed by atoms with Gasteiger partial charge < -0.3 is 25.3 Å². The number of carbonyl (C=O) groups is 2. The number of rotatable bonds is 3. The third-order valence-corrected chi connectivity index (χ3v) is 5.37. The normalized spacial score (nSPS) is 15.0. The van der Waals surface area contributed by atoms with Crippen LogP contribution in [0.5, 0.6) is 0 Å². The number of benzene rings is 1. The summed E-state index contributed by atoms with van der Waals surface area (Å²) in [6.07, 6.45) is 16.4. The third kappa shape index (κ3) is 10.2. The smallest absolute Gasteiger partial charge is 0.242 e. The number of carbonyl (C=O) groups excluding carboxylic acids is 2. The lowest BCUT2D eigenvalue weighted by atomic mass is 10.2. The molecule has 2 fully saturated rings. The maximum absolute atomic E-state index is 11.9. The molecular formula is C25H35N7O3. The Morgan fingerprint density at radius 2 is 1.94 bits per heavy atom. The van der Waals surface area contributed by atoms with Crippen molar-refractivity contribution in [1.29, 1.82) is 5.26 Å². The van der Waals surface area contributed by atoms with Gasteiger partial charge >= 0.3 is 0 Å². The van der Waals surface area contributed by atoms with E-state index in [1.54, 1.807) is 4.90 Å². The Balaban J connectivity index is 0.000000284. The molecule has 0 unspecified atom stereocenters. The van der Waals surface area contributed by atoms with E-state index in [0.29, 0.717) is 18.9 Å². The lowest BCUT2D eigenvalue weighted by molar-refractivity contribution is -0.139. The van der Waals surface area contributed by atoms with Gasteiger partial charge in [-0.05, 0) is 37.8 Å². The van der Waals surface area contributed by atoms with Gasteiger partial charge in [0.1, 0.15) is 5.52 Å². The Hall–Kier alpha value is -4.05. The minimum absolute atomic E-state index is 0.132. The second-order valence-electron chi connectivity index (χ2n) is 7.76. The number of oxazole rings is 1. The van der Waals surface area contributed by atoms with Crippen LogP contribution in [-0.2, 0) is 9.59 Å². The number of aryl methyl sites for hydroxylation is 1. The predicted octanol–water partition coefficient (Wildman–Crippen LogP) is 2.89. The molecular weight excluding hydrogens is 446 g/mol. The number of anilines is 1. The molecule has 10 nitrogen and oxygen atoms in total. The van der Waals surface area contributed by atoms with Crippen LogP contribution >= 0.6 is 0 Å². The van der Waals surface area contributed by atoms with Crippen LogP contribution < -0.4 is 11.1 Å². The number of fused-ring (bicyclic) bond motifs is 1. The number of likely N-dealkylation sites (tertiary alicyclic amines) is 2. The first-order valence-corrected chi connectivity index (χ1v) is 11.5. The molecule has 1 aromatic carbocycles. The van der Waals surface area contributed by atoms with Crippen LogP contribution in [0.15, 0.2) is 27.6 Å². The molecule has 3 N–H and O–H groups in total. The van der Waals surface area contributed by atoms with E-state index in [9.17, 15) is 9.59 Å². The van der Waals surface area contributed by atoms with Gasteiger partial charge in [-0.1, -0.05) is 6.42 Å². The summed E-state index contributed by atoms with van der Waals surface area (Å²) >= 11 is 0. The van der Waals surface area contributed by atoms with Gasteiger partial charge in [0.15, 0.2) is 11.5 Å². The number of hydrogen-bond acceptors (Lipinski definition) is 7. The Morgan fingerprint density at radius 3 is 2.54 bits per heavy atom. The summed E-state index contributed by atoms with van der Waals surface area (Å²) in [6, 6.07) is 5.86. The SMILES string of the molecule is C#C.CNc1ccc2nc(C)oc2c1.N#CN=CN.O=C(CN1CCCCCC1=O)N1CCCC1. The summed E-state index contributed by atoms with van der Waals surface area (Å²) < 4.78 is 5.36. The van der Waals surface area contributed by atoms with E-state index in [2.05, 4.69) is 33.9 Å². The van der Waals surface area contributed by atoms with Gasteiger partial charge in [0.05, 0.1) is 12.9 Å². The summed E-state index contributed by atoms with van der Waals surface area (Å²) in [7, 11) is 1.88. The van der Waals surface area contributed by atoms with Crippen LogP contribution in [0.25, 0.3) is 11.1 Å². The van der Waals surface area contributed by atoms with E-state index in [4.69, 9.17) is 9.68 Å². The molecule has 3 heterocycles. The molecule has 2 amide bonds. The molecule has 2 aliphatic heterocycles. The largest absolute Gasteiger partial charge is 0.441 e. The topological polar surface area (TPSA) is 141 Å². The van der Waals surface area contributed by atoms with Crippen molar-refractivity contribution in [2.75, 3.05) is 38.5 Å². The van der Waals surface area contributed by atoms with Crippen LogP contribution in [0.2, 0.25) is 0 Å². The van der Waals surface area contributed by atoms with Gasteiger partial charge in [-0.2, -0.15) is 10.3 Å². The fourth-order valence-corrected chi connectivity index (χ4v) is 3.66. The molecule has 1 aromatic heterocycles. The van der Waals surface area contributed by atoms with Crippen LogP contribution in [0.1, 0.15) is 44.4 Å². The summed E-state index contributed by atoms with van der Waals surface area (Å²) in [4.78, 5) is 34.4. The first-order valence-electron chi connectivity index (χ1n) is 11.5. The van der Waals surface area contributed by atoms with E-state index in [1.807, 2.05) is 37.1 Å². The summed E-state index contributed by atoms with van der Waals surface area (Å²) in [5, 5.41) is 10.6. The maximum atomic E-state index is 11.9. The Bertz CT molecular complexity index is 1020. The number of aromatic nitrogens is 1. The molecule has 2 aromatic rings. The zero-order valence-corrected chi connectivity index (χ0v) is 20.6. The molecule has 0 atom stereocenters. The van der Waals surface area contributed by atoms with Gasteiger partial charge in [0.25, 0.3) is 0 Å². The van der Waals surface area contributed by atoms with E-state index in [1.165, 1.54) is 6.19 Å².